The summed E-state index contributed by atoms with van der Waals surface area (Å²) in [4.78, 5) is 10.3. The van der Waals surface area contributed by atoms with E-state index in [-0.39, 0.29) is 0 Å². The van der Waals surface area contributed by atoms with Gasteiger partial charge in [-0.25, -0.2) is 9.37 Å². The van der Waals surface area contributed by atoms with Crippen molar-refractivity contribution in [1.82, 2.24) is 14.9 Å². The van der Waals surface area contributed by atoms with Crippen LogP contribution in [0.15, 0.2) is 6.20 Å². The largest absolute Gasteiger partial charge is 0.365 e. The minimum atomic E-state index is -0.393. The Balaban J connectivity index is 2.01. The van der Waals surface area contributed by atoms with Crippen LogP contribution >= 0.6 is 0 Å². The number of rotatable bonds is 4. The zero-order chi connectivity index (χ0) is 13.0. The Bertz CT molecular complexity index is 390. The third-order valence-corrected chi connectivity index (χ3v) is 3.14. The van der Waals surface area contributed by atoms with Crippen molar-refractivity contribution in [1.29, 1.82) is 0 Å². The average molecular weight is 253 g/mol. The number of hydrogen-bond donors (Lipinski definition) is 2. The van der Waals surface area contributed by atoms with Crippen LogP contribution in [-0.2, 0) is 0 Å². The van der Waals surface area contributed by atoms with Gasteiger partial charge in [-0.05, 0) is 39.9 Å². The van der Waals surface area contributed by atoms with Crippen molar-refractivity contribution in [2.45, 2.75) is 25.8 Å². The zero-order valence-electron chi connectivity index (χ0n) is 10.9. The summed E-state index contributed by atoms with van der Waals surface area (Å²) >= 11 is 0. The molecule has 0 radical (unpaired) electrons. The first-order valence-electron chi connectivity index (χ1n) is 6.40. The maximum absolute atomic E-state index is 13.6. The molecule has 2 rings (SSSR count). The smallest absolute Gasteiger partial charge is 0.224 e. The van der Waals surface area contributed by atoms with Gasteiger partial charge in [0.15, 0.2) is 11.6 Å². The van der Waals surface area contributed by atoms with Crippen LogP contribution in [-0.4, -0.2) is 47.6 Å². The van der Waals surface area contributed by atoms with Gasteiger partial charge in [0.25, 0.3) is 0 Å². The molecule has 5 nitrogen and oxygen atoms in total. The highest BCUT2D eigenvalue weighted by atomic mass is 19.1. The fourth-order valence-corrected chi connectivity index (χ4v) is 2.06. The van der Waals surface area contributed by atoms with Crippen LogP contribution < -0.4 is 10.6 Å². The highest BCUT2D eigenvalue weighted by molar-refractivity contribution is 5.41. The van der Waals surface area contributed by atoms with E-state index in [9.17, 15) is 4.39 Å². The predicted octanol–water partition coefficient (Wildman–Crippen LogP) is 1.55. The number of aromatic nitrogens is 2. The van der Waals surface area contributed by atoms with Crippen LogP contribution in [0.25, 0.3) is 0 Å². The second kappa shape index (κ2) is 5.95. The Morgan fingerprint density at radius 3 is 2.83 bits per heavy atom. The van der Waals surface area contributed by atoms with Gasteiger partial charge in [0, 0.05) is 12.6 Å². The lowest BCUT2D eigenvalue weighted by Crippen LogP contribution is -2.37. The van der Waals surface area contributed by atoms with E-state index in [4.69, 9.17) is 0 Å². The van der Waals surface area contributed by atoms with Crippen LogP contribution in [0.3, 0.4) is 0 Å². The minimum absolute atomic E-state index is 0.292. The summed E-state index contributed by atoms with van der Waals surface area (Å²) in [5, 5.41) is 6.16. The van der Waals surface area contributed by atoms with Crippen molar-refractivity contribution in [3.63, 3.8) is 0 Å². The van der Waals surface area contributed by atoms with Gasteiger partial charge in [0.2, 0.25) is 5.95 Å². The van der Waals surface area contributed by atoms with Gasteiger partial charge in [-0.2, -0.15) is 4.98 Å². The van der Waals surface area contributed by atoms with E-state index in [1.165, 1.54) is 6.20 Å². The Hall–Kier alpha value is -1.43. The molecule has 2 heterocycles. The second-order valence-electron chi connectivity index (χ2n) is 4.64. The summed E-state index contributed by atoms with van der Waals surface area (Å²) in [7, 11) is 2.10. The van der Waals surface area contributed by atoms with Crippen LogP contribution in [0.5, 0.6) is 0 Å². The molecule has 1 saturated heterocycles. The number of hydrogen-bond acceptors (Lipinski definition) is 5. The standard InChI is InChI=1S/C12H20FN5/c1-3-14-12-15-8-10(13)11(17-12)16-9-4-6-18(2)7-5-9/h8-9H,3-7H2,1-2H3,(H2,14,15,16,17). The molecular formula is C12H20FN5. The number of piperidine rings is 1. The van der Waals surface area contributed by atoms with E-state index >= 15 is 0 Å². The zero-order valence-corrected chi connectivity index (χ0v) is 10.9. The predicted molar refractivity (Wildman–Crippen MR) is 70.3 cm³/mol. The van der Waals surface area contributed by atoms with Crippen molar-refractivity contribution in [3.8, 4) is 0 Å². The van der Waals surface area contributed by atoms with E-state index in [1.807, 2.05) is 6.92 Å². The summed E-state index contributed by atoms with van der Waals surface area (Å²) in [6.07, 6.45) is 3.23. The Morgan fingerprint density at radius 2 is 2.17 bits per heavy atom. The van der Waals surface area contributed by atoms with Gasteiger partial charge in [-0.1, -0.05) is 0 Å². The SMILES string of the molecule is CCNc1ncc(F)c(NC2CCN(C)CC2)n1. The van der Waals surface area contributed by atoms with E-state index in [2.05, 4.69) is 32.5 Å². The maximum Gasteiger partial charge on any atom is 0.224 e. The summed E-state index contributed by atoms with van der Waals surface area (Å²) < 4.78 is 13.6. The molecule has 1 fully saturated rings. The molecular weight excluding hydrogens is 233 g/mol. The molecule has 0 unspecified atom stereocenters. The number of likely N-dealkylation sites (tertiary alicyclic amines) is 1. The molecule has 0 saturated carbocycles. The summed E-state index contributed by atoms with van der Waals surface area (Å²) in [6.45, 7) is 4.74. The maximum atomic E-state index is 13.6. The van der Waals surface area contributed by atoms with Crippen LogP contribution in [0.1, 0.15) is 19.8 Å². The normalized spacial score (nSPS) is 17.7. The molecule has 1 aliphatic heterocycles. The lowest BCUT2D eigenvalue weighted by Gasteiger charge is -2.29. The number of anilines is 2. The molecule has 100 valence electrons. The third-order valence-electron chi connectivity index (χ3n) is 3.14. The second-order valence-corrected chi connectivity index (χ2v) is 4.64. The topological polar surface area (TPSA) is 53.1 Å². The van der Waals surface area contributed by atoms with E-state index in [0.29, 0.717) is 17.8 Å². The molecule has 2 N–H and O–H groups in total. The average Bonchev–Trinajstić information content (AvgIpc) is 2.36. The van der Waals surface area contributed by atoms with E-state index in [0.717, 1.165) is 32.5 Å². The van der Waals surface area contributed by atoms with Crippen molar-refractivity contribution in [2.75, 3.05) is 37.3 Å². The lowest BCUT2D eigenvalue weighted by molar-refractivity contribution is 0.263. The first kappa shape index (κ1) is 13.0. The van der Waals surface area contributed by atoms with Gasteiger partial charge < -0.3 is 15.5 Å². The van der Waals surface area contributed by atoms with Crippen LogP contribution in [0.2, 0.25) is 0 Å². The molecule has 18 heavy (non-hydrogen) atoms. The molecule has 0 amide bonds. The van der Waals surface area contributed by atoms with E-state index in [1.54, 1.807) is 0 Å². The first-order chi connectivity index (χ1) is 8.69. The quantitative estimate of drug-likeness (QED) is 0.852. The van der Waals surface area contributed by atoms with Crippen LogP contribution in [0.4, 0.5) is 16.2 Å². The Morgan fingerprint density at radius 1 is 1.44 bits per heavy atom. The molecule has 1 aliphatic rings. The Labute approximate surface area is 107 Å². The number of halogens is 1. The Kier molecular flexibility index (Phi) is 4.30. The molecule has 1 aromatic rings. The third kappa shape index (κ3) is 3.29. The van der Waals surface area contributed by atoms with Crippen molar-refractivity contribution < 1.29 is 4.39 Å². The fraction of sp³-hybridized carbons (Fsp3) is 0.667. The molecule has 0 aliphatic carbocycles. The van der Waals surface area contributed by atoms with Gasteiger partial charge in [0.05, 0.1) is 6.20 Å². The van der Waals surface area contributed by atoms with Crippen molar-refractivity contribution >= 4 is 11.8 Å². The first-order valence-corrected chi connectivity index (χ1v) is 6.40. The van der Waals surface area contributed by atoms with E-state index < -0.39 is 5.82 Å². The minimum Gasteiger partial charge on any atom is -0.365 e. The summed E-state index contributed by atoms with van der Waals surface area (Å²) in [5.41, 5.74) is 0. The molecule has 6 heteroatoms. The molecule has 0 bridgehead atoms. The fourth-order valence-electron chi connectivity index (χ4n) is 2.06. The highest BCUT2D eigenvalue weighted by Gasteiger charge is 2.18. The van der Waals surface area contributed by atoms with Crippen molar-refractivity contribution in [2.24, 2.45) is 0 Å². The molecule has 0 atom stereocenters. The van der Waals surface area contributed by atoms with Crippen LogP contribution in [0, 0.1) is 5.82 Å². The van der Waals surface area contributed by atoms with Gasteiger partial charge in [-0.3, -0.25) is 0 Å². The monoisotopic (exact) mass is 253 g/mol. The lowest BCUT2D eigenvalue weighted by atomic mass is 10.1. The molecule has 1 aromatic heterocycles. The van der Waals surface area contributed by atoms with Gasteiger partial charge >= 0.3 is 0 Å². The summed E-state index contributed by atoms with van der Waals surface area (Å²) in [5.74, 6) is 0.375. The van der Waals surface area contributed by atoms with Gasteiger partial charge in [-0.15, -0.1) is 0 Å². The summed E-state index contributed by atoms with van der Waals surface area (Å²) in [6, 6.07) is 0.292. The number of nitrogens with zero attached hydrogens (tertiary/aromatic N) is 3. The van der Waals surface area contributed by atoms with Crippen molar-refractivity contribution in [3.05, 3.63) is 12.0 Å². The highest BCUT2D eigenvalue weighted by Crippen LogP contribution is 2.17. The van der Waals surface area contributed by atoms with Gasteiger partial charge in [0.1, 0.15) is 0 Å². The molecule has 0 aromatic carbocycles. The molecule has 0 spiro atoms. The number of nitrogens with one attached hydrogen (secondary N) is 2.